The minimum absolute atomic E-state index is 0.00706. The van der Waals surface area contributed by atoms with Gasteiger partial charge in [-0.05, 0) is 29.5 Å². The Morgan fingerprint density at radius 1 is 1.20 bits per heavy atom. The number of halogens is 1. The maximum Gasteiger partial charge on any atom is 0.317 e. The highest BCUT2D eigenvalue weighted by Gasteiger charge is 2.15. The summed E-state index contributed by atoms with van der Waals surface area (Å²) in [6, 6.07) is 7.55. The molecule has 1 rings (SSSR count). The Bertz CT molecular complexity index is 422. The van der Waals surface area contributed by atoms with Crippen molar-refractivity contribution in [1.82, 2.24) is 10.2 Å². The molecule has 0 aliphatic carbocycles. The van der Waals surface area contributed by atoms with Crippen molar-refractivity contribution in [2.24, 2.45) is 11.8 Å². The van der Waals surface area contributed by atoms with Crippen LogP contribution in [0.1, 0.15) is 33.3 Å². The number of hydrogen-bond donors (Lipinski definition) is 1. The Morgan fingerprint density at radius 2 is 1.80 bits per heavy atom. The fraction of sp³-hybridized carbons (Fsp3) is 0.562. The molecule has 0 aliphatic rings. The quantitative estimate of drug-likeness (QED) is 0.840. The van der Waals surface area contributed by atoms with Crippen LogP contribution in [-0.4, -0.2) is 24.0 Å². The molecule has 4 heteroatoms. The van der Waals surface area contributed by atoms with E-state index < -0.39 is 0 Å². The minimum Gasteiger partial charge on any atom is -0.334 e. The van der Waals surface area contributed by atoms with E-state index in [-0.39, 0.29) is 6.03 Å². The van der Waals surface area contributed by atoms with Crippen LogP contribution in [0.5, 0.6) is 0 Å². The van der Waals surface area contributed by atoms with Gasteiger partial charge >= 0.3 is 6.03 Å². The third-order valence-corrected chi connectivity index (χ3v) is 3.03. The molecule has 2 amide bonds. The molecule has 1 aromatic carbocycles. The standard InChI is InChI=1S/C16H25ClN2O/c1-12(2)10-19(11-13(3)4)16(20)18-9-14-6-5-7-15(17)8-14/h5-8,12-13H,9-11H2,1-4H3,(H,18,20). The maximum absolute atomic E-state index is 12.3. The van der Waals surface area contributed by atoms with Gasteiger partial charge in [-0.25, -0.2) is 4.79 Å². The lowest BCUT2D eigenvalue weighted by Crippen LogP contribution is -2.43. The van der Waals surface area contributed by atoms with Crippen LogP contribution >= 0.6 is 11.6 Å². The summed E-state index contributed by atoms with van der Waals surface area (Å²) < 4.78 is 0. The molecule has 0 radical (unpaired) electrons. The van der Waals surface area contributed by atoms with Gasteiger partial charge in [0.1, 0.15) is 0 Å². The summed E-state index contributed by atoms with van der Waals surface area (Å²) in [6.07, 6.45) is 0. The predicted octanol–water partition coefficient (Wildman–Crippen LogP) is 4.16. The summed E-state index contributed by atoms with van der Waals surface area (Å²) in [6.45, 7) is 10.6. The first kappa shape index (κ1) is 16.8. The van der Waals surface area contributed by atoms with E-state index in [4.69, 9.17) is 11.6 Å². The molecule has 0 atom stereocenters. The third kappa shape index (κ3) is 6.29. The van der Waals surface area contributed by atoms with Crippen molar-refractivity contribution in [1.29, 1.82) is 0 Å². The van der Waals surface area contributed by atoms with Crippen LogP contribution in [0.25, 0.3) is 0 Å². The first-order valence-corrected chi connectivity index (χ1v) is 7.53. The largest absolute Gasteiger partial charge is 0.334 e. The van der Waals surface area contributed by atoms with Crippen molar-refractivity contribution in [2.45, 2.75) is 34.2 Å². The van der Waals surface area contributed by atoms with E-state index >= 15 is 0 Å². The number of hydrogen-bond acceptors (Lipinski definition) is 1. The van der Waals surface area contributed by atoms with Gasteiger partial charge in [0.2, 0.25) is 0 Å². The molecule has 3 nitrogen and oxygen atoms in total. The highest BCUT2D eigenvalue weighted by molar-refractivity contribution is 6.30. The van der Waals surface area contributed by atoms with E-state index in [1.165, 1.54) is 0 Å². The van der Waals surface area contributed by atoms with Gasteiger partial charge in [-0.15, -0.1) is 0 Å². The highest BCUT2D eigenvalue weighted by Crippen LogP contribution is 2.11. The average molecular weight is 297 g/mol. The summed E-state index contributed by atoms with van der Waals surface area (Å²) in [4.78, 5) is 14.1. The van der Waals surface area contributed by atoms with Crippen molar-refractivity contribution >= 4 is 17.6 Å². The van der Waals surface area contributed by atoms with Gasteiger partial charge in [0.15, 0.2) is 0 Å². The Morgan fingerprint density at radius 3 is 2.30 bits per heavy atom. The molecule has 112 valence electrons. The van der Waals surface area contributed by atoms with Crippen LogP contribution in [-0.2, 0) is 6.54 Å². The van der Waals surface area contributed by atoms with Crippen molar-refractivity contribution in [3.8, 4) is 0 Å². The molecule has 0 fully saturated rings. The molecular formula is C16H25ClN2O. The zero-order valence-electron chi connectivity index (χ0n) is 12.8. The number of rotatable bonds is 6. The Labute approximate surface area is 127 Å². The summed E-state index contributed by atoms with van der Waals surface area (Å²) in [5, 5.41) is 3.66. The number of carbonyl (C=O) groups excluding carboxylic acids is 1. The Balaban J connectivity index is 2.57. The normalized spacial score (nSPS) is 10.9. The Hall–Kier alpha value is -1.22. The number of nitrogens with one attached hydrogen (secondary N) is 1. The van der Waals surface area contributed by atoms with E-state index in [1.807, 2.05) is 29.2 Å². The summed E-state index contributed by atoms with van der Waals surface area (Å²) in [5.74, 6) is 0.927. The van der Waals surface area contributed by atoms with Gasteiger partial charge in [0, 0.05) is 24.7 Å². The second-order valence-electron chi connectivity index (χ2n) is 5.98. The molecule has 0 unspecified atom stereocenters. The number of amides is 2. The van der Waals surface area contributed by atoms with Crippen LogP contribution in [0.15, 0.2) is 24.3 Å². The number of nitrogens with zero attached hydrogens (tertiary/aromatic N) is 1. The first-order valence-electron chi connectivity index (χ1n) is 7.15. The summed E-state index contributed by atoms with van der Waals surface area (Å²) in [5.41, 5.74) is 1.01. The van der Waals surface area contributed by atoms with Crippen LogP contribution < -0.4 is 5.32 Å². The fourth-order valence-electron chi connectivity index (χ4n) is 2.06. The topological polar surface area (TPSA) is 32.3 Å². The Kier molecular flexibility index (Phi) is 6.86. The lowest BCUT2D eigenvalue weighted by Gasteiger charge is -2.26. The second kappa shape index (κ2) is 8.15. The van der Waals surface area contributed by atoms with Crippen molar-refractivity contribution in [2.75, 3.05) is 13.1 Å². The van der Waals surface area contributed by atoms with Gasteiger partial charge in [0.05, 0.1) is 0 Å². The van der Waals surface area contributed by atoms with E-state index in [1.54, 1.807) is 0 Å². The average Bonchev–Trinajstić information content (AvgIpc) is 2.34. The van der Waals surface area contributed by atoms with Crippen molar-refractivity contribution < 1.29 is 4.79 Å². The zero-order valence-corrected chi connectivity index (χ0v) is 13.6. The van der Waals surface area contributed by atoms with Gasteiger partial charge in [0.25, 0.3) is 0 Å². The van der Waals surface area contributed by atoms with Crippen molar-refractivity contribution in [3.63, 3.8) is 0 Å². The molecule has 0 saturated heterocycles. The third-order valence-electron chi connectivity index (χ3n) is 2.79. The van der Waals surface area contributed by atoms with Gasteiger partial charge in [-0.1, -0.05) is 51.4 Å². The smallest absolute Gasteiger partial charge is 0.317 e. The fourth-order valence-corrected chi connectivity index (χ4v) is 2.27. The highest BCUT2D eigenvalue weighted by atomic mass is 35.5. The van der Waals surface area contributed by atoms with Crippen LogP contribution in [0.4, 0.5) is 4.79 Å². The van der Waals surface area contributed by atoms with E-state index in [0.717, 1.165) is 18.7 Å². The lowest BCUT2D eigenvalue weighted by atomic mass is 10.1. The lowest BCUT2D eigenvalue weighted by molar-refractivity contribution is 0.183. The molecule has 0 aromatic heterocycles. The maximum atomic E-state index is 12.3. The number of benzene rings is 1. The van der Waals surface area contributed by atoms with Crippen LogP contribution in [0.2, 0.25) is 5.02 Å². The monoisotopic (exact) mass is 296 g/mol. The number of urea groups is 1. The summed E-state index contributed by atoms with van der Waals surface area (Å²) in [7, 11) is 0. The van der Waals surface area contributed by atoms with Crippen LogP contribution in [0.3, 0.4) is 0 Å². The van der Waals surface area contributed by atoms with Crippen LogP contribution in [0, 0.1) is 11.8 Å². The molecule has 0 bridgehead atoms. The molecule has 0 spiro atoms. The zero-order chi connectivity index (χ0) is 15.1. The summed E-state index contributed by atoms with van der Waals surface area (Å²) >= 11 is 5.94. The first-order chi connectivity index (χ1) is 9.38. The molecule has 0 saturated carbocycles. The number of carbonyl (C=O) groups is 1. The SMILES string of the molecule is CC(C)CN(CC(C)C)C(=O)NCc1cccc(Cl)c1. The second-order valence-corrected chi connectivity index (χ2v) is 6.42. The van der Waals surface area contributed by atoms with Gasteiger partial charge in [-0.3, -0.25) is 0 Å². The van der Waals surface area contributed by atoms with Crippen molar-refractivity contribution in [3.05, 3.63) is 34.9 Å². The molecule has 0 aliphatic heterocycles. The molecular weight excluding hydrogens is 272 g/mol. The van der Waals surface area contributed by atoms with E-state index in [2.05, 4.69) is 33.0 Å². The van der Waals surface area contributed by atoms with E-state index in [9.17, 15) is 4.79 Å². The van der Waals surface area contributed by atoms with Gasteiger partial charge < -0.3 is 10.2 Å². The minimum atomic E-state index is -0.00706. The van der Waals surface area contributed by atoms with Gasteiger partial charge in [-0.2, -0.15) is 0 Å². The molecule has 0 heterocycles. The molecule has 1 aromatic rings. The predicted molar refractivity (Wildman–Crippen MR) is 84.9 cm³/mol. The molecule has 1 N–H and O–H groups in total. The van der Waals surface area contributed by atoms with E-state index in [0.29, 0.717) is 23.4 Å². The molecule has 20 heavy (non-hydrogen) atoms.